The number of likely N-dealkylation sites (tertiary alicyclic amines) is 1. The molecule has 5 aliphatic rings. The van der Waals surface area contributed by atoms with Crippen LogP contribution in [0.25, 0.3) is 0 Å². The molecule has 0 spiro atoms. The number of carbonyl (C=O) groups excluding carboxylic acids is 1. The van der Waals surface area contributed by atoms with Crippen LogP contribution in [0.15, 0.2) is 0 Å². The molecule has 1 aliphatic heterocycles. The van der Waals surface area contributed by atoms with Crippen molar-refractivity contribution in [2.45, 2.75) is 116 Å². The zero-order chi connectivity index (χ0) is 27.6. The predicted molar refractivity (Wildman–Crippen MR) is 147 cm³/mol. The van der Waals surface area contributed by atoms with Crippen molar-refractivity contribution < 1.29 is 28.0 Å². The number of aliphatic hydroxyl groups is 2. The summed E-state index contributed by atoms with van der Waals surface area (Å²) in [5.74, 6) is 2.95. The van der Waals surface area contributed by atoms with Gasteiger partial charge in [0.15, 0.2) is 0 Å². The molecule has 1 heterocycles. The van der Waals surface area contributed by atoms with Crippen LogP contribution in [-0.2, 0) is 14.9 Å². The van der Waals surface area contributed by atoms with E-state index in [2.05, 4.69) is 27.7 Å². The highest BCUT2D eigenvalue weighted by Crippen LogP contribution is 2.69. The van der Waals surface area contributed by atoms with E-state index in [0.717, 1.165) is 51.4 Å². The van der Waals surface area contributed by atoms with Crippen molar-refractivity contribution in [1.29, 1.82) is 0 Å². The fraction of sp³-hybridized carbons (Fsp3) is 0.967. The van der Waals surface area contributed by atoms with Crippen molar-refractivity contribution in [1.82, 2.24) is 4.90 Å². The van der Waals surface area contributed by atoms with E-state index < -0.39 is 15.4 Å². The van der Waals surface area contributed by atoms with Crippen molar-refractivity contribution in [3.8, 4) is 0 Å². The highest BCUT2D eigenvalue weighted by molar-refractivity contribution is 7.86. The molecule has 0 bridgehead atoms. The van der Waals surface area contributed by atoms with E-state index in [0.29, 0.717) is 54.9 Å². The zero-order valence-electron chi connectivity index (χ0n) is 23.9. The van der Waals surface area contributed by atoms with Gasteiger partial charge in [0.2, 0.25) is 5.91 Å². The Bertz CT molecular complexity index is 1000. The maximum absolute atomic E-state index is 12.9. The molecular formula is C30H51NO6S. The Balaban J connectivity index is 1.27. The van der Waals surface area contributed by atoms with Crippen molar-refractivity contribution in [2.24, 2.45) is 52.3 Å². The molecule has 0 aromatic carbocycles. The van der Waals surface area contributed by atoms with Gasteiger partial charge < -0.3 is 15.1 Å². The van der Waals surface area contributed by atoms with E-state index in [1.54, 1.807) is 4.90 Å². The molecule has 0 radical (unpaired) electrons. The maximum atomic E-state index is 12.9. The Kier molecular flexibility index (Phi) is 7.80. The standard InChI is InChI=1S/C30H51NO6S/c1-5-21-25-16-19(32)10-13-30(25,4)24-11-14-29(3)22(7-8-23(29)27(24)28(21)34)18(2)6-9-26(33)31-15-12-20(17-31)38(35,36)37/h18-25,27-28,32,34H,5-17H2,1-4H3,(H,35,36,37)/t18-,19-,20-,21-,22-,23+,24+,25+,27+,28-,29-,30-/m1/s1. The van der Waals surface area contributed by atoms with E-state index in [9.17, 15) is 28.0 Å². The quantitative estimate of drug-likeness (QED) is 0.417. The summed E-state index contributed by atoms with van der Waals surface area (Å²) in [6.07, 6.45) is 9.42. The topological polar surface area (TPSA) is 115 Å². The van der Waals surface area contributed by atoms with Crippen LogP contribution in [0.3, 0.4) is 0 Å². The average molecular weight is 554 g/mol. The highest BCUT2D eigenvalue weighted by atomic mass is 32.2. The molecule has 0 unspecified atom stereocenters. The van der Waals surface area contributed by atoms with Crippen LogP contribution in [-0.4, -0.2) is 64.5 Å². The lowest BCUT2D eigenvalue weighted by atomic mass is 9.41. The minimum atomic E-state index is -4.10. The van der Waals surface area contributed by atoms with Gasteiger partial charge in [-0.15, -0.1) is 0 Å². The Morgan fingerprint density at radius 2 is 1.68 bits per heavy atom. The van der Waals surface area contributed by atoms with Crippen LogP contribution in [0, 0.1) is 52.3 Å². The van der Waals surface area contributed by atoms with Gasteiger partial charge in [-0.05, 0) is 110 Å². The molecule has 7 nitrogen and oxygen atoms in total. The van der Waals surface area contributed by atoms with E-state index in [1.807, 2.05) is 0 Å². The average Bonchev–Trinajstić information content (AvgIpc) is 3.49. The summed E-state index contributed by atoms with van der Waals surface area (Å²) < 4.78 is 32.3. The Labute approximate surface area is 229 Å². The monoisotopic (exact) mass is 553 g/mol. The number of carbonyl (C=O) groups is 1. The third-order valence-corrected chi connectivity index (χ3v) is 14.1. The third-order valence-electron chi connectivity index (χ3n) is 12.9. The molecule has 1 saturated heterocycles. The number of rotatable bonds is 6. The summed E-state index contributed by atoms with van der Waals surface area (Å²) in [4.78, 5) is 14.5. The molecule has 3 N–H and O–H groups in total. The summed E-state index contributed by atoms with van der Waals surface area (Å²) in [6, 6.07) is 0. The third kappa shape index (κ3) is 4.67. The lowest BCUT2D eigenvalue weighted by Gasteiger charge is -2.64. The summed E-state index contributed by atoms with van der Waals surface area (Å²) in [6.45, 7) is 9.95. The van der Waals surface area contributed by atoms with Gasteiger partial charge in [-0.2, -0.15) is 8.42 Å². The molecule has 38 heavy (non-hydrogen) atoms. The summed E-state index contributed by atoms with van der Waals surface area (Å²) >= 11 is 0. The minimum Gasteiger partial charge on any atom is -0.393 e. The molecule has 5 fully saturated rings. The Morgan fingerprint density at radius 3 is 2.34 bits per heavy atom. The van der Waals surface area contributed by atoms with E-state index in [4.69, 9.17) is 0 Å². The minimum absolute atomic E-state index is 0.00153. The first-order chi connectivity index (χ1) is 17.8. The first kappa shape index (κ1) is 28.8. The highest BCUT2D eigenvalue weighted by Gasteiger charge is 2.64. The summed E-state index contributed by atoms with van der Waals surface area (Å²) in [5, 5.41) is 21.5. The lowest BCUT2D eigenvalue weighted by Crippen LogP contribution is -2.62. The van der Waals surface area contributed by atoms with Gasteiger partial charge in [-0.3, -0.25) is 9.35 Å². The fourth-order valence-electron chi connectivity index (χ4n) is 10.8. The molecule has 1 amide bonds. The number of amides is 1. The zero-order valence-corrected chi connectivity index (χ0v) is 24.7. The molecule has 0 aromatic rings. The number of nitrogens with zero attached hydrogens (tertiary/aromatic N) is 1. The van der Waals surface area contributed by atoms with Gasteiger partial charge in [0.1, 0.15) is 5.25 Å². The molecule has 12 atom stereocenters. The van der Waals surface area contributed by atoms with E-state index in [-0.39, 0.29) is 41.4 Å². The SMILES string of the molecule is CC[C@H]1[C@@H](O)[C@@H]2[C@H](CC[C@]3(C)[C@@H]([C@H](C)CCC(=O)N4CC[C@@H](S(=O)(=O)O)C4)CC[C@@H]23)[C@@]2(C)CC[C@@H](O)C[C@@H]12. The van der Waals surface area contributed by atoms with Crippen molar-refractivity contribution in [2.75, 3.05) is 13.1 Å². The largest absolute Gasteiger partial charge is 0.393 e. The van der Waals surface area contributed by atoms with Crippen molar-refractivity contribution in [3.63, 3.8) is 0 Å². The lowest BCUT2D eigenvalue weighted by molar-refractivity contribution is -0.203. The number of hydrogen-bond acceptors (Lipinski definition) is 5. The van der Waals surface area contributed by atoms with Crippen molar-refractivity contribution in [3.05, 3.63) is 0 Å². The molecule has 4 saturated carbocycles. The second-order valence-corrected chi connectivity index (χ2v) is 16.1. The molecule has 218 valence electrons. The number of hydrogen-bond donors (Lipinski definition) is 3. The van der Waals surface area contributed by atoms with Crippen LogP contribution < -0.4 is 0 Å². The molecule has 5 rings (SSSR count). The van der Waals surface area contributed by atoms with Gasteiger partial charge >= 0.3 is 0 Å². The molecular weight excluding hydrogens is 502 g/mol. The predicted octanol–water partition coefficient (Wildman–Crippen LogP) is 4.52. The Hall–Kier alpha value is -0.700. The van der Waals surface area contributed by atoms with E-state index in [1.165, 1.54) is 6.42 Å². The summed E-state index contributed by atoms with van der Waals surface area (Å²) in [5.41, 5.74) is 0.376. The molecule has 4 aliphatic carbocycles. The van der Waals surface area contributed by atoms with Crippen LogP contribution in [0.4, 0.5) is 0 Å². The second-order valence-electron chi connectivity index (χ2n) is 14.4. The van der Waals surface area contributed by atoms with Crippen LogP contribution in [0.1, 0.15) is 98.3 Å². The normalized spacial score (nSPS) is 47.8. The van der Waals surface area contributed by atoms with Crippen LogP contribution >= 0.6 is 0 Å². The van der Waals surface area contributed by atoms with Crippen LogP contribution in [0.5, 0.6) is 0 Å². The van der Waals surface area contributed by atoms with Crippen LogP contribution in [0.2, 0.25) is 0 Å². The van der Waals surface area contributed by atoms with Gasteiger partial charge in [0.25, 0.3) is 10.1 Å². The molecule has 8 heteroatoms. The smallest absolute Gasteiger partial charge is 0.269 e. The van der Waals surface area contributed by atoms with Gasteiger partial charge in [0.05, 0.1) is 12.2 Å². The Morgan fingerprint density at radius 1 is 1.00 bits per heavy atom. The first-order valence-corrected chi connectivity index (χ1v) is 16.9. The number of fused-ring (bicyclic) bond motifs is 5. The second kappa shape index (κ2) is 10.3. The van der Waals surface area contributed by atoms with Gasteiger partial charge in [-0.25, -0.2) is 0 Å². The van der Waals surface area contributed by atoms with E-state index >= 15 is 0 Å². The fourth-order valence-corrected chi connectivity index (χ4v) is 11.6. The first-order valence-electron chi connectivity index (χ1n) is 15.4. The summed E-state index contributed by atoms with van der Waals surface area (Å²) in [7, 11) is -4.10. The van der Waals surface area contributed by atoms with Crippen molar-refractivity contribution >= 4 is 16.0 Å². The van der Waals surface area contributed by atoms with Gasteiger partial charge in [-0.1, -0.05) is 34.1 Å². The van der Waals surface area contributed by atoms with Gasteiger partial charge in [0, 0.05) is 19.5 Å². The molecule has 0 aromatic heterocycles. The maximum Gasteiger partial charge on any atom is 0.269 e. The number of aliphatic hydroxyl groups excluding tert-OH is 2.